The second-order valence-corrected chi connectivity index (χ2v) is 14.8. The van der Waals surface area contributed by atoms with Crippen molar-refractivity contribution in [1.82, 2.24) is 37.2 Å². The maximum absolute atomic E-state index is 13.5. The Hall–Kier alpha value is -4.44. The Balaban J connectivity index is 1.92. The smallest absolute Gasteiger partial charge is 0.407 e. The Labute approximate surface area is 343 Å². The van der Waals surface area contributed by atoms with E-state index >= 15 is 0 Å². The third kappa shape index (κ3) is 22.2. The Morgan fingerprint density at radius 1 is 0.930 bits per heavy atom. The minimum absolute atomic E-state index is 0.0152. The van der Waals surface area contributed by atoms with Crippen LogP contribution in [0.25, 0.3) is 0 Å². The molecule has 0 spiro atoms. The molecule has 0 aromatic heterocycles. The number of ether oxygens (including phenoxy) is 3. The van der Waals surface area contributed by atoms with E-state index in [0.29, 0.717) is 68.6 Å². The fraction of sp³-hybridized carbons (Fsp3) is 0.611. The van der Waals surface area contributed by atoms with Crippen LogP contribution in [0.2, 0.25) is 0 Å². The van der Waals surface area contributed by atoms with Crippen molar-refractivity contribution in [2.45, 2.75) is 58.7 Å². The number of thioether (sulfide) groups is 2. The lowest BCUT2D eigenvalue weighted by molar-refractivity contribution is -0.133. The van der Waals surface area contributed by atoms with E-state index in [4.69, 9.17) is 24.8 Å². The van der Waals surface area contributed by atoms with Crippen LogP contribution in [0.5, 0.6) is 0 Å². The van der Waals surface area contributed by atoms with E-state index in [1.165, 1.54) is 0 Å². The molecule has 1 aromatic rings. The highest BCUT2D eigenvalue weighted by Gasteiger charge is 2.28. The fourth-order valence-corrected chi connectivity index (χ4v) is 6.13. The third-order valence-electron chi connectivity index (χ3n) is 7.71. The SMILES string of the molecule is CCOCCOCCN1C=C(CNC(=O)OCc2ccc(NC(=O)[C@H](CCCNC(N)=O)NC(=O)[C@H](CC(C)C)NC(=O)CON=C(CSC)CSC)cc2)NN1. The number of nitrogens with zero attached hydrogens (tertiary/aromatic N) is 2. The number of nitrogens with two attached hydrogens (primary N) is 1. The summed E-state index contributed by atoms with van der Waals surface area (Å²) in [7, 11) is 0. The molecule has 1 aliphatic heterocycles. The standard InChI is InChI=1S/C36H60N10O9S2/c1-6-52-16-17-53-15-14-46-20-28(43-45-46)19-39-36(51)54-21-26-9-11-27(12-10-26)40-33(48)30(8-7-13-38-35(37)50)42-34(49)31(18-25(2)3)41-32(47)22-55-44-29(23-56-4)24-57-5/h9-12,20,25,30-31,43,45H,6-8,13-19,21-24H2,1-5H3,(H,39,51)(H,40,48)(H,41,47)(H,42,49)(H3,37,38,50)/t30-,31-/m0/s1. The third-order valence-corrected chi connectivity index (χ3v) is 8.95. The summed E-state index contributed by atoms with van der Waals surface area (Å²) < 4.78 is 16.1. The Morgan fingerprint density at radius 2 is 1.65 bits per heavy atom. The number of hydrogen-bond acceptors (Lipinski definition) is 15. The number of hydrogen-bond donors (Lipinski definition) is 8. The Kier molecular flexibility index (Phi) is 24.7. The first-order valence-electron chi connectivity index (χ1n) is 18.7. The van der Waals surface area contributed by atoms with Crippen molar-refractivity contribution in [2.75, 3.05) is 82.0 Å². The lowest BCUT2D eigenvalue weighted by Gasteiger charge is -2.24. The van der Waals surface area contributed by atoms with E-state index < -0.39 is 41.9 Å². The van der Waals surface area contributed by atoms with E-state index in [9.17, 15) is 24.0 Å². The molecule has 0 bridgehead atoms. The van der Waals surface area contributed by atoms with Gasteiger partial charge in [0.15, 0.2) is 6.61 Å². The first kappa shape index (κ1) is 48.7. The molecule has 0 aliphatic carbocycles. The summed E-state index contributed by atoms with van der Waals surface area (Å²) in [6.07, 6.45) is 5.89. The van der Waals surface area contributed by atoms with E-state index in [1.54, 1.807) is 52.8 Å². The monoisotopic (exact) mass is 840 g/mol. The zero-order valence-electron chi connectivity index (χ0n) is 33.5. The number of benzene rings is 1. The van der Waals surface area contributed by atoms with Crippen molar-refractivity contribution in [3.63, 3.8) is 0 Å². The van der Waals surface area contributed by atoms with Crippen LogP contribution >= 0.6 is 23.5 Å². The van der Waals surface area contributed by atoms with Gasteiger partial charge in [0.25, 0.3) is 5.91 Å². The quantitative estimate of drug-likeness (QED) is 0.0325. The van der Waals surface area contributed by atoms with Gasteiger partial charge in [-0.25, -0.2) is 9.59 Å². The highest BCUT2D eigenvalue weighted by Crippen LogP contribution is 2.13. The van der Waals surface area contributed by atoms with Crippen LogP contribution in [0, 0.1) is 5.92 Å². The van der Waals surface area contributed by atoms with E-state index in [1.807, 2.05) is 39.5 Å². The molecule has 0 unspecified atom stereocenters. The number of amides is 6. The largest absolute Gasteiger partial charge is 0.445 e. The zero-order valence-corrected chi connectivity index (χ0v) is 35.1. The Morgan fingerprint density at radius 3 is 2.32 bits per heavy atom. The maximum atomic E-state index is 13.5. The van der Waals surface area contributed by atoms with Crippen LogP contribution in [-0.4, -0.2) is 129 Å². The van der Waals surface area contributed by atoms with Crippen molar-refractivity contribution >= 4 is 64.8 Å². The molecule has 0 saturated carbocycles. The van der Waals surface area contributed by atoms with Crippen LogP contribution in [0.4, 0.5) is 15.3 Å². The predicted octanol–water partition coefficient (Wildman–Crippen LogP) is 1.63. The minimum Gasteiger partial charge on any atom is -0.445 e. The van der Waals surface area contributed by atoms with Gasteiger partial charge in [0.05, 0.1) is 44.3 Å². The van der Waals surface area contributed by atoms with E-state index in [-0.39, 0.29) is 38.6 Å². The van der Waals surface area contributed by atoms with Crippen molar-refractivity contribution in [1.29, 1.82) is 0 Å². The van der Waals surface area contributed by atoms with Crippen LogP contribution in [-0.2, 0) is 40.0 Å². The van der Waals surface area contributed by atoms with Crippen molar-refractivity contribution in [2.24, 2.45) is 16.8 Å². The number of nitrogens with one attached hydrogen (secondary N) is 7. The number of carbonyl (C=O) groups excluding carboxylic acids is 5. The lowest BCUT2D eigenvalue weighted by Crippen LogP contribution is -2.53. The molecule has 2 rings (SSSR count). The van der Waals surface area contributed by atoms with Gasteiger partial charge in [0.2, 0.25) is 11.8 Å². The highest BCUT2D eigenvalue weighted by atomic mass is 32.2. The fourth-order valence-electron chi connectivity index (χ4n) is 5.02. The number of carbonyl (C=O) groups is 5. The van der Waals surface area contributed by atoms with Crippen LogP contribution in [0.3, 0.4) is 0 Å². The van der Waals surface area contributed by atoms with Gasteiger partial charge < -0.3 is 56.8 Å². The first-order valence-corrected chi connectivity index (χ1v) is 21.5. The molecule has 9 N–H and O–H groups in total. The van der Waals surface area contributed by atoms with Gasteiger partial charge in [-0.3, -0.25) is 19.4 Å². The molecule has 1 aliphatic rings. The zero-order chi connectivity index (χ0) is 41.8. The summed E-state index contributed by atoms with van der Waals surface area (Å²) in [5.74, 6) is -0.219. The molecule has 0 radical (unpaired) electrons. The summed E-state index contributed by atoms with van der Waals surface area (Å²) in [6.45, 7) is 8.57. The number of hydrazine groups is 2. The summed E-state index contributed by atoms with van der Waals surface area (Å²) in [4.78, 5) is 68.6. The van der Waals surface area contributed by atoms with Gasteiger partial charge in [-0.1, -0.05) is 31.1 Å². The van der Waals surface area contributed by atoms with Gasteiger partial charge in [-0.05, 0) is 62.3 Å². The van der Waals surface area contributed by atoms with E-state index in [2.05, 4.69) is 42.7 Å². The number of oxime groups is 1. The maximum Gasteiger partial charge on any atom is 0.407 e. The van der Waals surface area contributed by atoms with E-state index in [0.717, 1.165) is 11.4 Å². The van der Waals surface area contributed by atoms with Gasteiger partial charge in [0, 0.05) is 36.5 Å². The van der Waals surface area contributed by atoms with Crippen LogP contribution in [0.1, 0.15) is 45.6 Å². The molecule has 2 atom stereocenters. The molecule has 21 heteroatoms. The second kappa shape index (κ2) is 28.9. The number of alkyl carbamates (subject to hydrolysis) is 1. The summed E-state index contributed by atoms with van der Waals surface area (Å²) in [5, 5.41) is 19.3. The molecule has 57 heavy (non-hydrogen) atoms. The van der Waals surface area contributed by atoms with Crippen molar-refractivity contribution in [3.8, 4) is 0 Å². The summed E-state index contributed by atoms with van der Waals surface area (Å²) in [6, 6.07) is 4.00. The molecule has 0 fully saturated rings. The van der Waals surface area contributed by atoms with Gasteiger partial charge in [0.1, 0.15) is 18.7 Å². The first-order chi connectivity index (χ1) is 27.4. The summed E-state index contributed by atoms with van der Waals surface area (Å²) in [5.41, 5.74) is 13.8. The van der Waals surface area contributed by atoms with Gasteiger partial charge in [-0.15, -0.1) is 5.53 Å². The van der Waals surface area contributed by atoms with Crippen molar-refractivity contribution in [3.05, 3.63) is 41.7 Å². The number of rotatable bonds is 29. The average molecular weight is 841 g/mol. The molecule has 1 heterocycles. The topological polar surface area (TPSA) is 248 Å². The molecule has 6 amide bonds. The molecular formula is C36H60N10O9S2. The average Bonchev–Trinajstić information content (AvgIpc) is 3.63. The molecule has 1 aromatic carbocycles. The lowest BCUT2D eigenvalue weighted by atomic mass is 10.0. The molecular weight excluding hydrogens is 781 g/mol. The molecule has 0 saturated heterocycles. The number of primary amides is 1. The molecule has 19 nitrogen and oxygen atoms in total. The number of urea groups is 1. The van der Waals surface area contributed by atoms with Crippen molar-refractivity contribution < 1.29 is 43.0 Å². The Bertz CT molecular complexity index is 1450. The second-order valence-electron chi connectivity index (χ2n) is 13.1. The van der Waals surface area contributed by atoms with Crippen LogP contribution < -0.4 is 43.3 Å². The minimum atomic E-state index is -1.02. The van der Waals surface area contributed by atoms with Crippen LogP contribution in [0.15, 0.2) is 41.3 Å². The predicted molar refractivity (Wildman–Crippen MR) is 222 cm³/mol. The van der Waals surface area contributed by atoms with Gasteiger partial charge in [-0.2, -0.15) is 23.5 Å². The van der Waals surface area contributed by atoms with Gasteiger partial charge >= 0.3 is 12.1 Å². The molecule has 320 valence electrons. The normalized spacial score (nSPS) is 13.1. The summed E-state index contributed by atoms with van der Waals surface area (Å²) >= 11 is 3.18. The number of anilines is 1. The highest BCUT2D eigenvalue weighted by molar-refractivity contribution is 8.00.